The summed E-state index contributed by atoms with van der Waals surface area (Å²) >= 11 is 0. The van der Waals surface area contributed by atoms with E-state index in [1.165, 1.54) is 0 Å². The van der Waals surface area contributed by atoms with E-state index in [1.807, 2.05) is 0 Å². The molecule has 13 heavy (non-hydrogen) atoms. The van der Waals surface area contributed by atoms with Crippen LogP contribution in [0.25, 0.3) is 0 Å². The van der Waals surface area contributed by atoms with Crippen molar-refractivity contribution in [3.05, 3.63) is 0 Å². The molecule has 0 aromatic rings. The maximum absolute atomic E-state index is 9.37. The maximum atomic E-state index is 9.37. The van der Waals surface area contributed by atoms with Crippen LogP contribution >= 0.6 is 0 Å². The Kier molecular flexibility index (Phi) is 19.2. The fourth-order valence-electron chi connectivity index (χ4n) is 0.0680. The van der Waals surface area contributed by atoms with Gasteiger partial charge in [-0.25, -0.2) is 16.8 Å². The van der Waals surface area contributed by atoms with Crippen molar-refractivity contribution in [3.63, 3.8) is 0 Å². The molecule has 0 N–H and O–H groups in total. The Bertz CT molecular complexity index is 256. The van der Waals surface area contributed by atoms with Gasteiger partial charge in [-0.1, -0.05) is 0 Å². The first kappa shape index (κ1) is 24.9. The Morgan fingerprint density at radius 3 is 1.00 bits per heavy atom. The van der Waals surface area contributed by atoms with E-state index < -0.39 is 20.8 Å². The van der Waals surface area contributed by atoms with Gasteiger partial charge in [-0.2, -0.15) is 0 Å². The summed E-state index contributed by atoms with van der Waals surface area (Å²) < 4.78 is 61.5. The van der Waals surface area contributed by atoms with Crippen molar-refractivity contribution in [2.45, 2.75) is 0 Å². The van der Waals surface area contributed by atoms with Gasteiger partial charge in [0.15, 0.2) is 0 Å². The topological polar surface area (TPSA) is 133 Å². The second-order valence-corrected chi connectivity index (χ2v) is 2.86. The minimum absolute atomic E-state index is 0. The van der Waals surface area contributed by atoms with E-state index in [9.17, 15) is 25.9 Å². The van der Waals surface area contributed by atoms with Crippen LogP contribution in [-0.4, -0.2) is 77.3 Å². The van der Waals surface area contributed by atoms with Crippen LogP contribution in [-0.2, 0) is 74.2 Å². The van der Waals surface area contributed by atoms with Gasteiger partial charge in [-0.05, 0) is 0 Å². The van der Waals surface area contributed by atoms with Crippen LogP contribution in [0.2, 0.25) is 0 Å². The van der Waals surface area contributed by atoms with Crippen molar-refractivity contribution >= 4 is 72.2 Å². The molecule has 0 aliphatic heterocycles. The van der Waals surface area contributed by atoms with Crippen LogP contribution in [0.1, 0.15) is 0 Å². The summed E-state index contributed by atoms with van der Waals surface area (Å²) in [6.45, 7) is 0. The molecule has 0 bridgehead atoms. The second kappa shape index (κ2) is 10.0. The molecule has 0 amide bonds. The molecule has 0 heterocycles. The normalized spacial score (nSPS) is 10.3. The third kappa shape index (κ3) is 25.3. The summed E-state index contributed by atoms with van der Waals surface area (Å²) in [7, 11) is -10.6. The molecule has 0 rings (SSSR count). The van der Waals surface area contributed by atoms with Crippen molar-refractivity contribution in [2.24, 2.45) is 0 Å². The molecular formula is HAg2KO8S2. The van der Waals surface area contributed by atoms with E-state index in [4.69, 9.17) is 0 Å². The van der Waals surface area contributed by atoms with E-state index >= 15 is 0 Å². The fraction of sp³-hybridized carbons (Fsp3) is 0. The summed E-state index contributed by atoms with van der Waals surface area (Å²) in [5, 5.41) is 0. The monoisotopic (exact) mass is 446 g/mol. The van der Waals surface area contributed by atoms with E-state index in [0.717, 1.165) is 0 Å². The average molecular weight is 448 g/mol. The third-order valence-electron chi connectivity index (χ3n) is 0.194. The summed E-state index contributed by atoms with van der Waals surface area (Å²) in [4.78, 5) is 0. The SMILES string of the molecule is O=S(=O)([O-])OOS(=O)(=O)[O-].[Ag+].[Ag+].[KH]. The van der Waals surface area contributed by atoms with Gasteiger partial charge in [0.1, 0.15) is 0 Å². The summed E-state index contributed by atoms with van der Waals surface area (Å²) in [5.74, 6) is 0. The fourth-order valence-corrected chi connectivity index (χ4v) is 0.612. The molecule has 0 aromatic heterocycles. The Balaban J connectivity index is -0.000000135. The van der Waals surface area contributed by atoms with Crippen LogP contribution in [0, 0.1) is 0 Å². The molecule has 0 fully saturated rings. The van der Waals surface area contributed by atoms with E-state index in [2.05, 4.69) is 8.67 Å². The summed E-state index contributed by atoms with van der Waals surface area (Å²) in [6.07, 6.45) is 0. The van der Waals surface area contributed by atoms with Crippen molar-refractivity contribution in [2.75, 3.05) is 0 Å². The molecule has 0 saturated carbocycles. The first-order valence-corrected chi connectivity index (χ1v) is 4.17. The zero-order valence-electron chi connectivity index (χ0n) is 4.69. The molecule has 0 aliphatic rings. The zero-order valence-corrected chi connectivity index (χ0v) is 9.28. The predicted molar refractivity (Wildman–Crippen MR) is 28.7 cm³/mol. The Hall–Kier alpha value is 2.86. The molecule has 84 valence electrons. The van der Waals surface area contributed by atoms with Gasteiger partial charge in [-0.15, -0.1) is 8.67 Å². The van der Waals surface area contributed by atoms with Crippen LogP contribution in [0.3, 0.4) is 0 Å². The quantitative estimate of drug-likeness (QED) is 0.149. The van der Waals surface area contributed by atoms with E-state index in [0.29, 0.717) is 0 Å². The van der Waals surface area contributed by atoms with Gasteiger partial charge in [0, 0.05) is 0 Å². The molecule has 0 radical (unpaired) electrons. The van der Waals surface area contributed by atoms with Crippen molar-refractivity contribution in [3.8, 4) is 0 Å². The van der Waals surface area contributed by atoms with Gasteiger partial charge in [0.2, 0.25) is 20.8 Å². The number of hydrogen-bond donors (Lipinski definition) is 0. The van der Waals surface area contributed by atoms with Gasteiger partial charge in [-0.3, -0.25) is 0 Å². The van der Waals surface area contributed by atoms with Crippen molar-refractivity contribution < 1.29 is 79.4 Å². The van der Waals surface area contributed by atoms with Crippen LogP contribution in [0.4, 0.5) is 0 Å². The molecule has 0 aromatic carbocycles. The van der Waals surface area contributed by atoms with Crippen LogP contribution in [0.15, 0.2) is 0 Å². The van der Waals surface area contributed by atoms with Gasteiger partial charge in [0.25, 0.3) is 0 Å². The molecule has 0 atom stereocenters. The zero-order chi connectivity index (χ0) is 8.41. The molecule has 13 heteroatoms. The Labute approximate surface area is 148 Å². The standard InChI is InChI=1S/2Ag.K.H2O8S2.H/c;;;1-9(2,3)7-8-10(4,5)6;/h;;;(H,1,2,3)(H,4,5,6);/q2*+1;;;/p-2. The Morgan fingerprint density at radius 2 is 0.923 bits per heavy atom. The van der Waals surface area contributed by atoms with Crippen molar-refractivity contribution in [1.82, 2.24) is 0 Å². The minimum atomic E-state index is -5.31. The molecule has 8 nitrogen and oxygen atoms in total. The summed E-state index contributed by atoms with van der Waals surface area (Å²) in [5.41, 5.74) is 0. The van der Waals surface area contributed by atoms with E-state index in [1.54, 1.807) is 0 Å². The molecule has 0 saturated heterocycles. The second-order valence-electron chi connectivity index (χ2n) is 0.953. The van der Waals surface area contributed by atoms with Crippen LogP contribution in [0.5, 0.6) is 0 Å². The van der Waals surface area contributed by atoms with Gasteiger partial charge >= 0.3 is 96.1 Å². The van der Waals surface area contributed by atoms with E-state index in [-0.39, 0.29) is 96.1 Å². The van der Waals surface area contributed by atoms with Crippen LogP contribution < -0.4 is 0 Å². The average Bonchev–Trinajstić information content (AvgIpc) is 1.57. The third-order valence-corrected chi connectivity index (χ3v) is 0.750. The number of hydrogen-bond acceptors (Lipinski definition) is 8. The molecular weight excluding hydrogens is 447 g/mol. The number of rotatable bonds is 3. The Morgan fingerprint density at radius 1 is 0.769 bits per heavy atom. The molecule has 0 spiro atoms. The van der Waals surface area contributed by atoms with Gasteiger partial charge < -0.3 is 9.11 Å². The van der Waals surface area contributed by atoms with Crippen molar-refractivity contribution in [1.29, 1.82) is 0 Å². The first-order valence-electron chi connectivity index (χ1n) is 1.50. The first-order chi connectivity index (χ1) is 4.21. The molecule has 0 aliphatic carbocycles. The van der Waals surface area contributed by atoms with Gasteiger partial charge in [0.05, 0.1) is 0 Å². The summed E-state index contributed by atoms with van der Waals surface area (Å²) in [6, 6.07) is 0. The molecule has 0 unspecified atom stereocenters. The predicted octanol–water partition coefficient (Wildman–Crippen LogP) is -2.80.